The molecule has 1 saturated heterocycles. The summed E-state index contributed by atoms with van der Waals surface area (Å²) < 4.78 is 5.03. The number of hydrogen-bond acceptors (Lipinski definition) is 4. The van der Waals surface area contributed by atoms with Crippen LogP contribution in [0.1, 0.15) is 25.7 Å². The molecule has 0 atom stereocenters. The maximum Gasteiger partial charge on any atom is 0.225 e. The summed E-state index contributed by atoms with van der Waals surface area (Å²) in [6.07, 6.45) is 4.38. The molecule has 2 fully saturated rings. The van der Waals surface area contributed by atoms with Crippen molar-refractivity contribution in [1.82, 2.24) is 20.4 Å². The Labute approximate surface area is 169 Å². The van der Waals surface area contributed by atoms with Crippen LogP contribution < -0.4 is 10.6 Å². The number of guanidine groups is 1. The van der Waals surface area contributed by atoms with Crippen molar-refractivity contribution in [1.29, 1.82) is 0 Å². The van der Waals surface area contributed by atoms with E-state index in [1.807, 2.05) is 0 Å². The Balaban J connectivity index is 0.00000312. The fourth-order valence-corrected chi connectivity index (χ4v) is 3.08. The summed E-state index contributed by atoms with van der Waals surface area (Å²) in [5.74, 6) is 1.55. The first kappa shape index (κ1) is 22.4. The van der Waals surface area contributed by atoms with E-state index in [9.17, 15) is 4.79 Å². The minimum absolute atomic E-state index is 0. The highest BCUT2D eigenvalue weighted by molar-refractivity contribution is 14.0. The lowest BCUT2D eigenvalue weighted by atomic mass is 9.84. The maximum atomic E-state index is 12.2. The topological polar surface area (TPSA) is 69.2 Å². The molecule has 0 radical (unpaired) electrons. The molecule has 25 heavy (non-hydrogen) atoms. The van der Waals surface area contributed by atoms with Crippen molar-refractivity contribution in [3.63, 3.8) is 0 Å². The van der Waals surface area contributed by atoms with Crippen LogP contribution in [0.4, 0.5) is 0 Å². The van der Waals surface area contributed by atoms with Gasteiger partial charge in [-0.3, -0.25) is 14.7 Å². The van der Waals surface area contributed by atoms with Crippen LogP contribution in [-0.4, -0.2) is 88.2 Å². The van der Waals surface area contributed by atoms with E-state index >= 15 is 0 Å². The molecule has 7 nitrogen and oxygen atoms in total. The number of piperazine rings is 1. The van der Waals surface area contributed by atoms with Gasteiger partial charge in [-0.2, -0.15) is 0 Å². The van der Waals surface area contributed by atoms with Crippen LogP contribution in [-0.2, 0) is 9.53 Å². The molecule has 0 aromatic heterocycles. The number of hydrogen-bond donors (Lipinski definition) is 2. The van der Waals surface area contributed by atoms with E-state index in [0.29, 0.717) is 11.8 Å². The quantitative estimate of drug-likeness (QED) is 0.239. The smallest absolute Gasteiger partial charge is 0.225 e. The molecule has 2 aliphatic rings. The third-order valence-electron chi connectivity index (χ3n) is 4.90. The monoisotopic (exact) mass is 467 g/mol. The first-order chi connectivity index (χ1) is 11.7. The summed E-state index contributed by atoms with van der Waals surface area (Å²) in [4.78, 5) is 20.9. The highest BCUT2D eigenvalue weighted by atomic mass is 127. The number of methoxy groups -OCH3 is 1. The van der Waals surface area contributed by atoms with Gasteiger partial charge in [-0.25, -0.2) is 0 Å². The first-order valence-electron chi connectivity index (χ1n) is 9.19. The molecule has 0 unspecified atom stereocenters. The fourth-order valence-electron chi connectivity index (χ4n) is 3.08. The molecule has 146 valence electrons. The summed E-state index contributed by atoms with van der Waals surface area (Å²) in [7, 11) is 3.50. The summed E-state index contributed by atoms with van der Waals surface area (Å²) in [6.45, 7) is 7.15. The van der Waals surface area contributed by atoms with Gasteiger partial charge in [0.25, 0.3) is 0 Å². The number of ether oxygens (including phenoxy) is 1. The van der Waals surface area contributed by atoms with Gasteiger partial charge >= 0.3 is 0 Å². The van der Waals surface area contributed by atoms with Crippen LogP contribution in [0.5, 0.6) is 0 Å². The van der Waals surface area contributed by atoms with Gasteiger partial charge in [0.2, 0.25) is 5.91 Å². The summed E-state index contributed by atoms with van der Waals surface area (Å²) in [5.41, 5.74) is 0. The van der Waals surface area contributed by atoms with Crippen molar-refractivity contribution in [2.75, 3.05) is 66.6 Å². The molecule has 1 heterocycles. The van der Waals surface area contributed by atoms with E-state index in [0.717, 1.165) is 77.6 Å². The minimum Gasteiger partial charge on any atom is -0.385 e. The second kappa shape index (κ2) is 12.7. The average Bonchev–Trinajstić information content (AvgIpc) is 2.56. The normalized spacial score (nSPS) is 19.1. The van der Waals surface area contributed by atoms with Crippen molar-refractivity contribution in [3.05, 3.63) is 0 Å². The van der Waals surface area contributed by atoms with Crippen molar-refractivity contribution in [2.24, 2.45) is 10.9 Å². The first-order valence-corrected chi connectivity index (χ1v) is 9.19. The number of nitrogens with one attached hydrogen (secondary N) is 2. The van der Waals surface area contributed by atoms with Gasteiger partial charge in [-0.1, -0.05) is 6.42 Å². The van der Waals surface area contributed by atoms with Gasteiger partial charge in [0.1, 0.15) is 0 Å². The number of halogens is 1. The average molecular weight is 467 g/mol. The van der Waals surface area contributed by atoms with E-state index in [1.54, 1.807) is 14.2 Å². The lowest BCUT2D eigenvalue weighted by Crippen LogP contribution is -2.52. The van der Waals surface area contributed by atoms with Gasteiger partial charge in [-0.05, 0) is 19.3 Å². The molecule has 2 rings (SSSR count). The molecule has 2 N–H and O–H groups in total. The molecule has 0 aromatic carbocycles. The van der Waals surface area contributed by atoms with Crippen LogP contribution >= 0.6 is 24.0 Å². The molecule has 0 aromatic rings. The fraction of sp³-hybridized carbons (Fsp3) is 0.882. The van der Waals surface area contributed by atoms with Crippen molar-refractivity contribution < 1.29 is 9.53 Å². The number of carbonyl (C=O) groups is 1. The number of amides is 1. The Morgan fingerprint density at radius 3 is 2.40 bits per heavy atom. The van der Waals surface area contributed by atoms with Gasteiger partial charge in [-0.15, -0.1) is 24.0 Å². The molecule has 1 aliphatic heterocycles. The van der Waals surface area contributed by atoms with E-state index in [1.165, 1.54) is 6.42 Å². The van der Waals surface area contributed by atoms with Crippen molar-refractivity contribution >= 4 is 35.8 Å². The summed E-state index contributed by atoms with van der Waals surface area (Å²) >= 11 is 0. The van der Waals surface area contributed by atoms with Crippen LogP contribution in [0.25, 0.3) is 0 Å². The second-order valence-electron chi connectivity index (χ2n) is 6.57. The van der Waals surface area contributed by atoms with Gasteiger partial charge in [0.15, 0.2) is 5.96 Å². The molecule has 1 amide bonds. The maximum absolute atomic E-state index is 12.2. The van der Waals surface area contributed by atoms with Crippen LogP contribution in [0, 0.1) is 5.92 Å². The van der Waals surface area contributed by atoms with E-state index in [-0.39, 0.29) is 24.0 Å². The van der Waals surface area contributed by atoms with E-state index < -0.39 is 0 Å². The summed E-state index contributed by atoms with van der Waals surface area (Å²) in [5, 5.41) is 6.62. The van der Waals surface area contributed by atoms with Gasteiger partial charge in [0.05, 0.1) is 0 Å². The van der Waals surface area contributed by atoms with Crippen LogP contribution in [0.2, 0.25) is 0 Å². The Morgan fingerprint density at radius 2 is 1.84 bits per heavy atom. The Kier molecular flexibility index (Phi) is 11.4. The predicted octanol–water partition coefficient (Wildman–Crippen LogP) is 0.750. The highest BCUT2D eigenvalue weighted by Gasteiger charge is 2.30. The second-order valence-corrected chi connectivity index (χ2v) is 6.57. The number of nitrogens with zero attached hydrogens (tertiary/aromatic N) is 3. The molecule has 0 bridgehead atoms. The Bertz CT molecular complexity index is 410. The lowest BCUT2D eigenvalue weighted by molar-refractivity contribution is -0.139. The number of rotatable bonds is 8. The van der Waals surface area contributed by atoms with Gasteiger partial charge in [0, 0.05) is 72.5 Å². The van der Waals surface area contributed by atoms with Crippen molar-refractivity contribution in [2.45, 2.75) is 25.7 Å². The number of aliphatic imine (C=N–C) groups is 1. The zero-order valence-corrected chi connectivity index (χ0v) is 18.0. The zero-order chi connectivity index (χ0) is 17.2. The van der Waals surface area contributed by atoms with Crippen molar-refractivity contribution in [3.8, 4) is 0 Å². The van der Waals surface area contributed by atoms with Crippen LogP contribution in [0.3, 0.4) is 0 Å². The number of carbonyl (C=O) groups excluding carboxylic acids is 1. The highest BCUT2D eigenvalue weighted by Crippen LogP contribution is 2.28. The summed E-state index contributed by atoms with van der Waals surface area (Å²) in [6, 6.07) is 0. The minimum atomic E-state index is 0. The third-order valence-corrected chi connectivity index (χ3v) is 4.90. The van der Waals surface area contributed by atoms with E-state index in [2.05, 4.69) is 25.4 Å². The zero-order valence-electron chi connectivity index (χ0n) is 15.6. The molecule has 1 saturated carbocycles. The standard InChI is InChI=1S/C17H33N5O2.HI/c1-18-17(19-7-4-14-24-2)20-8-9-21-10-12-22(13-11-21)16(23)15-5-3-6-15;/h15H,3-14H2,1-2H3,(H2,18,19,20);1H. The molecule has 1 aliphatic carbocycles. The van der Waals surface area contributed by atoms with Crippen LogP contribution in [0.15, 0.2) is 4.99 Å². The van der Waals surface area contributed by atoms with E-state index in [4.69, 9.17) is 4.74 Å². The molecular weight excluding hydrogens is 433 g/mol. The molecular formula is C17H34IN5O2. The predicted molar refractivity (Wildman–Crippen MR) is 112 cm³/mol. The lowest BCUT2D eigenvalue weighted by Gasteiger charge is -2.38. The Hall–Kier alpha value is -0.610. The molecule has 8 heteroatoms. The Morgan fingerprint density at radius 1 is 1.16 bits per heavy atom. The molecule has 0 spiro atoms. The largest absolute Gasteiger partial charge is 0.385 e. The van der Waals surface area contributed by atoms with Gasteiger partial charge < -0.3 is 20.3 Å². The SMILES string of the molecule is CN=C(NCCCOC)NCCN1CCN(C(=O)C2CCC2)CC1.I. The third kappa shape index (κ3) is 7.65.